The van der Waals surface area contributed by atoms with E-state index < -0.39 is 0 Å². The van der Waals surface area contributed by atoms with Crippen LogP contribution in [0.4, 0.5) is 4.39 Å². The quantitative estimate of drug-likeness (QED) is 0.693. The highest BCUT2D eigenvalue weighted by atomic mass is 19.1. The average molecular weight is 309 g/mol. The predicted molar refractivity (Wildman–Crippen MR) is 82.5 cm³/mol. The first-order valence-corrected chi connectivity index (χ1v) is 7.60. The molecule has 0 unspecified atom stereocenters. The van der Waals surface area contributed by atoms with Gasteiger partial charge in [-0.15, -0.1) is 0 Å². The van der Waals surface area contributed by atoms with E-state index in [-0.39, 0.29) is 30.0 Å². The van der Waals surface area contributed by atoms with Gasteiger partial charge in [-0.2, -0.15) is 0 Å². The first-order chi connectivity index (χ1) is 10.4. The van der Waals surface area contributed by atoms with Crippen LogP contribution in [0.15, 0.2) is 24.3 Å². The van der Waals surface area contributed by atoms with Crippen molar-refractivity contribution in [2.45, 2.75) is 40.2 Å². The van der Waals surface area contributed by atoms with E-state index in [9.17, 15) is 14.0 Å². The van der Waals surface area contributed by atoms with E-state index >= 15 is 0 Å². The maximum Gasteiger partial charge on any atom is 0.307 e. The Hall–Kier alpha value is -1.91. The lowest BCUT2D eigenvalue weighted by molar-refractivity contribution is -0.144. The molecule has 0 aliphatic heterocycles. The van der Waals surface area contributed by atoms with Crippen molar-refractivity contribution >= 4 is 11.9 Å². The van der Waals surface area contributed by atoms with E-state index in [1.807, 2.05) is 13.8 Å². The minimum atomic E-state index is -0.316. The van der Waals surface area contributed by atoms with Crippen molar-refractivity contribution in [3.63, 3.8) is 0 Å². The first kappa shape index (κ1) is 18.1. The maximum atomic E-state index is 13.0. The molecule has 0 spiro atoms. The SMILES string of the molecule is CCOC(=O)CCN(Cc1ccc(F)cc1)C(=O)CC(C)C. The van der Waals surface area contributed by atoms with Crippen molar-refractivity contribution in [1.29, 1.82) is 0 Å². The minimum absolute atomic E-state index is 0.0105. The molecule has 1 amide bonds. The van der Waals surface area contributed by atoms with Crippen molar-refractivity contribution in [3.05, 3.63) is 35.6 Å². The highest BCUT2D eigenvalue weighted by molar-refractivity contribution is 5.77. The molecule has 0 N–H and O–H groups in total. The van der Waals surface area contributed by atoms with Gasteiger partial charge < -0.3 is 9.64 Å². The van der Waals surface area contributed by atoms with Crippen LogP contribution in [0.1, 0.15) is 39.2 Å². The number of rotatable bonds is 8. The van der Waals surface area contributed by atoms with Crippen molar-refractivity contribution < 1.29 is 18.7 Å². The number of carbonyl (C=O) groups is 2. The Morgan fingerprint density at radius 1 is 1.23 bits per heavy atom. The van der Waals surface area contributed by atoms with Gasteiger partial charge >= 0.3 is 5.97 Å². The summed E-state index contributed by atoms with van der Waals surface area (Å²) < 4.78 is 17.8. The molecule has 0 bridgehead atoms. The molecule has 0 fully saturated rings. The monoisotopic (exact) mass is 309 g/mol. The van der Waals surface area contributed by atoms with Crippen LogP contribution in [0.25, 0.3) is 0 Å². The van der Waals surface area contributed by atoms with Gasteiger partial charge in [0.1, 0.15) is 5.82 Å². The van der Waals surface area contributed by atoms with Crippen LogP contribution in [-0.2, 0) is 20.9 Å². The lowest BCUT2D eigenvalue weighted by Crippen LogP contribution is -2.33. The summed E-state index contributed by atoms with van der Waals surface area (Å²) in [6.07, 6.45) is 0.586. The van der Waals surface area contributed by atoms with E-state index in [4.69, 9.17) is 4.74 Å². The molecule has 1 aromatic rings. The van der Waals surface area contributed by atoms with Crippen LogP contribution < -0.4 is 0 Å². The number of ether oxygens (including phenoxy) is 1. The smallest absolute Gasteiger partial charge is 0.307 e. The van der Waals surface area contributed by atoms with E-state index in [2.05, 4.69) is 0 Å². The van der Waals surface area contributed by atoms with Gasteiger partial charge in [0.05, 0.1) is 13.0 Å². The molecule has 4 nitrogen and oxygen atoms in total. The predicted octanol–water partition coefficient (Wildman–Crippen LogP) is 3.15. The summed E-state index contributed by atoms with van der Waals surface area (Å²) in [5.74, 6) is -0.395. The fourth-order valence-electron chi connectivity index (χ4n) is 2.04. The molecule has 0 aliphatic carbocycles. The van der Waals surface area contributed by atoms with Gasteiger partial charge in [0.2, 0.25) is 5.91 Å². The Bertz CT molecular complexity index is 485. The van der Waals surface area contributed by atoms with Crippen LogP contribution in [0.5, 0.6) is 0 Å². The van der Waals surface area contributed by atoms with Crippen molar-refractivity contribution in [2.24, 2.45) is 5.92 Å². The highest BCUT2D eigenvalue weighted by Crippen LogP contribution is 2.11. The first-order valence-electron chi connectivity index (χ1n) is 7.60. The Morgan fingerprint density at radius 3 is 2.41 bits per heavy atom. The molecular formula is C17H24FNO3. The molecule has 122 valence electrons. The largest absolute Gasteiger partial charge is 0.466 e. The highest BCUT2D eigenvalue weighted by Gasteiger charge is 2.17. The Morgan fingerprint density at radius 2 is 1.86 bits per heavy atom. The number of hydrogen-bond acceptors (Lipinski definition) is 3. The number of carbonyl (C=O) groups excluding carboxylic acids is 2. The van der Waals surface area contributed by atoms with E-state index in [0.29, 0.717) is 26.1 Å². The average Bonchev–Trinajstić information content (AvgIpc) is 2.45. The molecule has 1 rings (SSSR count). The van der Waals surface area contributed by atoms with Crippen LogP contribution in [0, 0.1) is 11.7 Å². The van der Waals surface area contributed by atoms with Gasteiger partial charge in [-0.3, -0.25) is 9.59 Å². The summed E-state index contributed by atoms with van der Waals surface area (Å²) in [6.45, 7) is 6.69. The summed E-state index contributed by atoms with van der Waals surface area (Å²) in [5, 5.41) is 0. The van der Waals surface area contributed by atoms with Gasteiger partial charge in [0, 0.05) is 19.5 Å². The van der Waals surface area contributed by atoms with Crippen LogP contribution in [-0.4, -0.2) is 29.9 Å². The molecule has 0 saturated heterocycles. The number of benzene rings is 1. The molecule has 0 saturated carbocycles. The summed E-state index contributed by atoms with van der Waals surface area (Å²) >= 11 is 0. The second-order valence-electron chi connectivity index (χ2n) is 5.59. The third-order valence-corrected chi connectivity index (χ3v) is 3.11. The normalized spacial score (nSPS) is 10.6. The molecule has 5 heteroatoms. The number of nitrogens with zero attached hydrogens (tertiary/aromatic N) is 1. The van der Waals surface area contributed by atoms with Crippen molar-refractivity contribution in [1.82, 2.24) is 4.90 Å². The van der Waals surface area contributed by atoms with Crippen LogP contribution >= 0.6 is 0 Å². The molecule has 0 heterocycles. The summed E-state index contributed by atoms with van der Waals surface area (Å²) in [6, 6.07) is 6.03. The summed E-state index contributed by atoms with van der Waals surface area (Å²) in [7, 11) is 0. The molecular weight excluding hydrogens is 285 g/mol. The van der Waals surface area contributed by atoms with Gasteiger partial charge in [0.25, 0.3) is 0 Å². The standard InChI is InChI=1S/C17H24FNO3/c1-4-22-17(21)9-10-19(16(20)11-13(2)3)12-14-5-7-15(18)8-6-14/h5-8,13H,4,9-12H2,1-3H3. The second kappa shape index (κ2) is 9.18. The molecule has 0 radical (unpaired) electrons. The number of amides is 1. The Balaban J connectivity index is 2.70. The number of esters is 1. The lowest BCUT2D eigenvalue weighted by atomic mass is 10.1. The Labute approximate surface area is 131 Å². The number of hydrogen-bond donors (Lipinski definition) is 0. The third-order valence-electron chi connectivity index (χ3n) is 3.11. The summed E-state index contributed by atoms with van der Waals surface area (Å²) in [4.78, 5) is 25.4. The molecule has 1 aromatic carbocycles. The fourth-order valence-corrected chi connectivity index (χ4v) is 2.04. The van der Waals surface area contributed by atoms with E-state index in [0.717, 1.165) is 5.56 Å². The molecule has 0 atom stereocenters. The van der Waals surface area contributed by atoms with Gasteiger partial charge in [-0.1, -0.05) is 26.0 Å². The minimum Gasteiger partial charge on any atom is -0.466 e. The third kappa shape index (κ3) is 6.70. The molecule has 0 aromatic heterocycles. The van der Waals surface area contributed by atoms with Crippen molar-refractivity contribution in [3.8, 4) is 0 Å². The second-order valence-corrected chi connectivity index (χ2v) is 5.59. The van der Waals surface area contributed by atoms with E-state index in [1.54, 1.807) is 24.0 Å². The molecule has 22 heavy (non-hydrogen) atoms. The van der Waals surface area contributed by atoms with Gasteiger partial charge in [0.15, 0.2) is 0 Å². The fraction of sp³-hybridized carbons (Fsp3) is 0.529. The van der Waals surface area contributed by atoms with Gasteiger partial charge in [-0.05, 0) is 30.5 Å². The zero-order valence-corrected chi connectivity index (χ0v) is 13.5. The van der Waals surface area contributed by atoms with Gasteiger partial charge in [-0.25, -0.2) is 4.39 Å². The zero-order valence-electron chi connectivity index (χ0n) is 13.5. The maximum absolute atomic E-state index is 13.0. The van der Waals surface area contributed by atoms with E-state index in [1.165, 1.54) is 12.1 Å². The molecule has 0 aliphatic rings. The Kier molecular flexibility index (Phi) is 7.57. The van der Waals surface area contributed by atoms with Crippen LogP contribution in [0.2, 0.25) is 0 Å². The van der Waals surface area contributed by atoms with Crippen LogP contribution in [0.3, 0.4) is 0 Å². The van der Waals surface area contributed by atoms with Crippen molar-refractivity contribution in [2.75, 3.05) is 13.2 Å². The lowest BCUT2D eigenvalue weighted by Gasteiger charge is -2.23. The zero-order chi connectivity index (χ0) is 16.5. The number of halogens is 1. The topological polar surface area (TPSA) is 46.6 Å². The summed E-state index contributed by atoms with van der Waals surface area (Å²) in [5.41, 5.74) is 0.836.